The van der Waals surface area contributed by atoms with Gasteiger partial charge in [-0.25, -0.2) is 8.42 Å². The first-order valence-electron chi connectivity index (χ1n) is 9.82. The Morgan fingerprint density at radius 2 is 1.69 bits per heavy atom. The monoisotopic (exact) mass is 382 g/mol. The predicted molar refractivity (Wildman–Crippen MR) is 104 cm³/mol. The number of hydrogen-bond donors (Lipinski definition) is 1. The molecule has 1 atom stereocenters. The fourth-order valence-electron chi connectivity index (χ4n) is 4.70. The van der Waals surface area contributed by atoms with E-state index in [2.05, 4.69) is 35.9 Å². The zero-order valence-corrected chi connectivity index (χ0v) is 17.7. The highest BCUT2D eigenvalue weighted by atomic mass is 32.2. The van der Waals surface area contributed by atoms with Crippen LogP contribution in [0.5, 0.6) is 0 Å². The molecule has 2 saturated heterocycles. The second kappa shape index (κ2) is 7.24. The van der Waals surface area contributed by atoms with E-state index in [0.29, 0.717) is 40.7 Å². The highest BCUT2D eigenvalue weighted by Gasteiger charge is 2.37. The van der Waals surface area contributed by atoms with Crippen LogP contribution in [-0.2, 0) is 10.0 Å². The first-order chi connectivity index (χ1) is 12.1. The van der Waals surface area contributed by atoms with Crippen LogP contribution in [-0.4, -0.2) is 60.5 Å². The van der Waals surface area contributed by atoms with Crippen molar-refractivity contribution >= 4 is 10.0 Å². The quantitative estimate of drug-likeness (QED) is 0.869. The molecule has 0 unspecified atom stereocenters. The maximum absolute atomic E-state index is 13.0. The summed E-state index contributed by atoms with van der Waals surface area (Å²) in [7, 11) is -3.43. The standard InChI is InChI=1S/C19H34N4O2S/c1-14-18(15(2)21-20-14)26(24,25)23-10-7-16(8-11-23)17-6-9-22(12-17)13-19(3,4)5/h16-17H,6-13H2,1-5H3,(H,20,21)/t17-/m1/s1. The fourth-order valence-corrected chi connectivity index (χ4v) is 6.50. The number of rotatable bonds is 4. The number of hydrogen-bond acceptors (Lipinski definition) is 4. The van der Waals surface area contributed by atoms with E-state index in [0.717, 1.165) is 25.3 Å². The van der Waals surface area contributed by atoms with Gasteiger partial charge in [-0.1, -0.05) is 20.8 Å². The minimum Gasteiger partial charge on any atom is -0.303 e. The SMILES string of the molecule is Cc1n[nH]c(C)c1S(=O)(=O)N1CCC([C@@H]2CCN(CC(C)(C)C)C2)CC1. The molecule has 0 aliphatic carbocycles. The molecule has 3 heterocycles. The van der Waals surface area contributed by atoms with Crippen molar-refractivity contribution in [3.63, 3.8) is 0 Å². The minimum atomic E-state index is -3.43. The number of likely N-dealkylation sites (tertiary alicyclic amines) is 1. The highest BCUT2D eigenvalue weighted by molar-refractivity contribution is 7.89. The molecule has 26 heavy (non-hydrogen) atoms. The average Bonchev–Trinajstić information content (AvgIpc) is 3.12. The van der Waals surface area contributed by atoms with Gasteiger partial charge in [0.1, 0.15) is 4.90 Å². The Hall–Kier alpha value is -0.920. The molecule has 0 radical (unpaired) electrons. The van der Waals surface area contributed by atoms with Crippen molar-refractivity contribution in [2.75, 3.05) is 32.7 Å². The van der Waals surface area contributed by atoms with Gasteiger partial charge in [-0.05, 0) is 56.9 Å². The Kier molecular flexibility index (Phi) is 5.53. The van der Waals surface area contributed by atoms with E-state index in [4.69, 9.17) is 0 Å². The maximum Gasteiger partial charge on any atom is 0.246 e. The molecule has 0 aromatic carbocycles. The van der Waals surface area contributed by atoms with Gasteiger partial charge in [0, 0.05) is 26.2 Å². The van der Waals surface area contributed by atoms with Crippen LogP contribution in [0.3, 0.4) is 0 Å². The van der Waals surface area contributed by atoms with Crippen molar-refractivity contribution in [1.29, 1.82) is 0 Å². The van der Waals surface area contributed by atoms with Crippen molar-refractivity contribution in [3.05, 3.63) is 11.4 Å². The Labute approximate surface area is 158 Å². The van der Waals surface area contributed by atoms with E-state index in [-0.39, 0.29) is 0 Å². The lowest BCUT2D eigenvalue weighted by Gasteiger charge is -2.34. The van der Waals surface area contributed by atoms with Gasteiger partial charge in [0.2, 0.25) is 10.0 Å². The van der Waals surface area contributed by atoms with Crippen molar-refractivity contribution < 1.29 is 8.42 Å². The van der Waals surface area contributed by atoms with Crippen LogP contribution in [0.15, 0.2) is 4.90 Å². The van der Waals surface area contributed by atoms with Crippen LogP contribution in [0.25, 0.3) is 0 Å². The third-order valence-corrected chi connectivity index (χ3v) is 7.99. The van der Waals surface area contributed by atoms with Crippen LogP contribution < -0.4 is 0 Å². The molecule has 7 heteroatoms. The summed E-state index contributed by atoms with van der Waals surface area (Å²) < 4.78 is 27.6. The van der Waals surface area contributed by atoms with Crippen molar-refractivity contribution in [1.82, 2.24) is 19.4 Å². The van der Waals surface area contributed by atoms with Crippen molar-refractivity contribution in [2.45, 2.75) is 58.8 Å². The molecular weight excluding hydrogens is 348 g/mol. The van der Waals surface area contributed by atoms with Crippen molar-refractivity contribution in [3.8, 4) is 0 Å². The van der Waals surface area contributed by atoms with Gasteiger partial charge in [0.25, 0.3) is 0 Å². The summed E-state index contributed by atoms with van der Waals surface area (Å²) >= 11 is 0. The van der Waals surface area contributed by atoms with Crippen LogP contribution >= 0.6 is 0 Å². The number of nitrogens with zero attached hydrogens (tertiary/aromatic N) is 3. The molecule has 6 nitrogen and oxygen atoms in total. The summed E-state index contributed by atoms with van der Waals surface area (Å²) in [5, 5.41) is 6.85. The number of aromatic nitrogens is 2. The summed E-state index contributed by atoms with van der Waals surface area (Å²) in [6, 6.07) is 0. The number of piperidine rings is 1. The Bertz CT molecular complexity index is 708. The van der Waals surface area contributed by atoms with Gasteiger partial charge in [-0.15, -0.1) is 0 Å². The molecular formula is C19H34N4O2S. The second-order valence-electron chi connectivity index (χ2n) is 9.35. The molecule has 0 bridgehead atoms. The van der Waals surface area contributed by atoms with Gasteiger partial charge in [-0.2, -0.15) is 9.40 Å². The summed E-state index contributed by atoms with van der Waals surface area (Å²) in [6.45, 7) is 15.2. The van der Waals surface area contributed by atoms with Crippen molar-refractivity contribution in [2.24, 2.45) is 17.3 Å². The first kappa shape index (κ1) is 19.8. The number of aromatic amines is 1. The van der Waals surface area contributed by atoms with E-state index in [1.807, 2.05) is 0 Å². The molecule has 1 N–H and O–H groups in total. The molecule has 1 aromatic rings. The number of aryl methyl sites for hydroxylation is 2. The lowest BCUT2D eigenvalue weighted by molar-refractivity contribution is 0.183. The van der Waals surface area contributed by atoms with Crippen LogP contribution in [0.2, 0.25) is 0 Å². The fraction of sp³-hybridized carbons (Fsp3) is 0.842. The first-order valence-corrected chi connectivity index (χ1v) is 11.3. The van der Waals surface area contributed by atoms with E-state index < -0.39 is 10.0 Å². The molecule has 0 saturated carbocycles. The molecule has 0 spiro atoms. The van der Waals surface area contributed by atoms with E-state index in [9.17, 15) is 8.42 Å². The molecule has 3 rings (SSSR count). The molecule has 1 aromatic heterocycles. The molecule has 2 aliphatic heterocycles. The zero-order chi connectivity index (χ0) is 19.1. The molecule has 0 amide bonds. The largest absolute Gasteiger partial charge is 0.303 e. The smallest absolute Gasteiger partial charge is 0.246 e. The topological polar surface area (TPSA) is 69.3 Å². The van der Waals surface area contributed by atoms with Gasteiger partial charge >= 0.3 is 0 Å². The lowest BCUT2D eigenvalue weighted by atomic mass is 9.84. The Morgan fingerprint density at radius 1 is 1.08 bits per heavy atom. The summed E-state index contributed by atoms with van der Waals surface area (Å²) in [6.07, 6.45) is 3.21. The maximum atomic E-state index is 13.0. The summed E-state index contributed by atoms with van der Waals surface area (Å²) in [5.74, 6) is 1.37. The third kappa shape index (κ3) is 4.15. The third-order valence-electron chi connectivity index (χ3n) is 5.83. The summed E-state index contributed by atoms with van der Waals surface area (Å²) in [4.78, 5) is 2.96. The molecule has 148 valence electrons. The average molecular weight is 383 g/mol. The van der Waals surface area contributed by atoms with Gasteiger partial charge < -0.3 is 4.90 Å². The normalized spacial score (nSPS) is 24.4. The second-order valence-corrected chi connectivity index (χ2v) is 11.2. The minimum absolute atomic E-state index is 0.340. The molecule has 2 fully saturated rings. The number of H-pyrrole nitrogens is 1. The Morgan fingerprint density at radius 3 is 2.23 bits per heavy atom. The zero-order valence-electron chi connectivity index (χ0n) is 16.9. The summed E-state index contributed by atoms with van der Waals surface area (Å²) in [5.41, 5.74) is 1.54. The van der Waals surface area contributed by atoms with Crippen LogP contribution in [0.4, 0.5) is 0 Å². The highest BCUT2D eigenvalue weighted by Crippen LogP contribution is 2.35. The van der Waals surface area contributed by atoms with Gasteiger partial charge in [0.05, 0.1) is 11.4 Å². The number of sulfonamides is 1. The van der Waals surface area contributed by atoms with E-state index in [1.54, 1.807) is 18.2 Å². The Balaban J connectivity index is 1.58. The van der Waals surface area contributed by atoms with E-state index in [1.165, 1.54) is 19.5 Å². The van der Waals surface area contributed by atoms with Gasteiger partial charge in [-0.3, -0.25) is 5.10 Å². The van der Waals surface area contributed by atoms with Crippen LogP contribution in [0.1, 0.15) is 51.4 Å². The van der Waals surface area contributed by atoms with Crippen LogP contribution in [0, 0.1) is 31.1 Å². The lowest BCUT2D eigenvalue weighted by Crippen LogP contribution is -2.41. The molecule has 2 aliphatic rings. The predicted octanol–water partition coefficient (Wildman–Crippen LogP) is 2.80. The van der Waals surface area contributed by atoms with E-state index >= 15 is 0 Å². The number of nitrogens with one attached hydrogen (secondary N) is 1. The van der Waals surface area contributed by atoms with Gasteiger partial charge in [0.15, 0.2) is 0 Å².